The maximum absolute atomic E-state index is 13.3. The average molecular weight is 430 g/mol. The first-order valence-electron chi connectivity index (χ1n) is 10.4. The molecule has 1 amide bonds. The summed E-state index contributed by atoms with van der Waals surface area (Å²) in [7, 11) is -0.645. The molecule has 0 saturated carbocycles. The molecule has 7 heteroatoms. The summed E-state index contributed by atoms with van der Waals surface area (Å²) in [5, 5.41) is 3.07. The van der Waals surface area contributed by atoms with Gasteiger partial charge < -0.3 is 10.2 Å². The van der Waals surface area contributed by atoms with Crippen LogP contribution in [0.4, 0.5) is 5.69 Å². The van der Waals surface area contributed by atoms with Gasteiger partial charge in [-0.3, -0.25) is 4.79 Å². The van der Waals surface area contributed by atoms with Gasteiger partial charge in [0.2, 0.25) is 10.0 Å². The van der Waals surface area contributed by atoms with Gasteiger partial charge in [-0.05, 0) is 62.4 Å². The number of carbonyl (C=O) groups excluding carboxylic acids is 1. The van der Waals surface area contributed by atoms with Crippen LogP contribution in [0.25, 0.3) is 0 Å². The first-order valence-corrected chi connectivity index (χ1v) is 11.8. The van der Waals surface area contributed by atoms with Crippen molar-refractivity contribution >= 4 is 21.6 Å². The minimum atomic E-state index is -3.63. The van der Waals surface area contributed by atoms with Crippen LogP contribution >= 0.6 is 0 Å². The number of benzene rings is 2. The Labute approximate surface area is 179 Å². The fourth-order valence-electron chi connectivity index (χ4n) is 3.90. The molecule has 30 heavy (non-hydrogen) atoms. The van der Waals surface area contributed by atoms with E-state index in [1.807, 2.05) is 38.1 Å². The van der Waals surface area contributed by atoms with Crippen molar-refractivity contribution in [1.82, 2.24) is 9.62 Å². The molecule has 162 valence electrons. The molecule has 1 aliphatic heterocycles. The van der Waals surface area contributed by atoms with Crippen molar-refractivity contribution < 1.29 is 13.2 Å². The van der Waals surface area contributed by atoms with E-state index in [1.165, 1.54) is 30.9 Å². The van der Waals surface area contributed by atoms with Gasteiger partial charge in [-0.2, -0.15) is 0 Å². The molecule has 1 N–H and O–H groups in total. The second-order valence-corrected chi connectivity index (χ2v) is 10.2. The van der Waals surface area contributed by atoms with Gasteiger partial charge in [0.1, 0.15) is 0 Å². The maximum Gasteiger partial charge on any atom is 0.253 e. The molecule has 0 aliphatic carbocycles. The Balaban J connectivity index is 1.98. The van der Waals surface area contributed by atoms with Crippen LogP contribution in [-0.4, -0.2) is 45.8 Å². The van der Waals surface area contributed by atoms with Gasteiger partial charge in [0.05, 0.1) is 16.5 Å². The summed E-state index contributed by atoms with van der Waals surface area (Å²) in [5.74, 6) is -0.262. The lowest BCUT2D eigenvalue weighted by atomic mass is 10.0. The van der Waals surface area contributed by atoms with Crippen molar-refractivity contribution in [1.29, 1.82) is 0 Å². The SMILES string of the molecule is Cc1ccccc1C(C)NC(=O)c1cc(S(=O)(=O)N(C)C)ccc1N1CCCCC1. The molecule has 0 spiro atoms. The Bertz CT molecular complexity index is 1010. The van der Waals surface area contributed by atoms with E-state index in [1.54, 1.807) is 12.1 Å². The van der Waals surface area contributed by atoms with E-state index in [2.05, 4.69) is 10.2 Å². The Hall–Kier alpha value is -2.38. The predicted octanol–water partition coefficient (Wildman–Crippen LogP) is 3.73. The summed E-state index contributed by atoms with van der Waals surface area (Å²) in [6.45, 7) is 5.70. The Morgan fingerprint density at radius 1 is 1.07 bits per heavy atom. The summed E-state index contributed by atoms with van der Waals surface area (Å²) < 4.78 is 26.5. The molecule has 1 atom stereocenters. The number of amides is 1. The number of sulfonamides is 1. The molecule has 2 aromatic rings. The minimum absolute atomic E-state index is 0.127. The smallest absolute Gasteiger partial charge is 0.253 e. The largest absolute Gasteiger partial charge is 0.371 e. The first kappa shape index (κ1) is 22.3. The van der Waals surface area contributed by atoms with Gasteiger partial charge in [-0.25, -0.2) is 12.7 Å². The van der Waals surface area contributed by atoms with Gasteiger partial charge in [0.15, 0.2) is 0 Å². The topological polar surface area (TPSA) is 69.7 Å². The number of piperidine rings is 1. The number of hydrogen-bond acceptors (Lipinski definition) is 4. The van der Waals surface area contributed by atoms with Crippen LogP contribution in [-0.2, 0) is 10.0 Å². The molecule has 0 aromatic heterocycles. The van der Waals surface area contributed by atoms with E-state index < -0.39 is 10.0 Å². The number of carbonyl (C=O) groups is 1. The maximum atomic E-state index is 13.3. The fraction of sp³-hybridized carbons (Fsp3) is 0.435. The molecular formula is C23H31N3O3S. The molecule has 1 unspecified atom stereocenters. The zero-order valence-corrected chi connectivity index (χ0v) is 19.0. The third-order valence-corrected chi connectivity index (χ3v) is 7.50. The standard InChI is InChI=1S/C23H31N3O3S/c1-17-10-6-7-11-20(17)18(2)24-23(27)21-16-19(30(28,29)25(3)4)12-13-22(21)26-14-8-5-9-15-26/h6-7,10-13,16,18H,5,8-9,14-15H2,1-4H3,(H,24,27). The molecule has 2 aromatic carbocycles. The number of anilines is 1. The van der Waals surface area contributed by atoms with Crippen LogP contribution in [0, 0.1) is 6.92 Å². The van der Waals surface area contributed by atoms with E-state index in [0.29, 0.717) is 5.56 Å². The van der Waals surface area contributed by atoms with Crippen LogP contribution in [0.5, 0.6) is 0 Å². The van der Waals surface area contributed by atoms with Gasteiger partial charge >= 0.3 is 0 Å². The highest BCUT2D eigenvalue weighted by atomic mass is 32.2. The third-order valence-electron chi connectivity index (χ3n) is 5.69. The van der Waals surface area contributed by atoms with Gasteiger partial charge in [-0.1, -0.05) is 24.3 Å². The number of rotatable bonds is 6. The van der Waals surface area contributed by atoms with Crippen LogP contribution in [0.1, 0.15) is 53.7 Å². The quantitative estimate of drug-likeness (QED) is 0.760. The second kappa shape index (κ2) is 9.18. The summed E-state index contributed by atoms with van der Waals surface area (Å²) in [4.78, 5) is 15.6. The summed E-state index contributed by atoms with van der Waals surface area (Å²) in [6, 6.07) is 12.6. The normalized spacial score (nSPS) is 15.8. The zero-order chi connectivity index (χ0) is 21.9. The monoisotopic (exact) mass is 429 g/mol. The number of aryl methyl sites for hydroxylation is 1. The average Bonchev–Trinajstić information content (AvgIpc) is 2.74. The molecule has 1 fully saturated rings. The minimum Gasteiger partial charge on any atom is -0.371 e. The van der Waals surface area contributed by atoms with Gasteiger partial charge in [0.25, 0.3) is 5.91 Å². The first-order chi connectivity index (χ1) is 14.2. The second-order valence-electron chi connectivity index (χ2n) is 8.07. The van der Waals surface area contributed by atoms with E-state index >= 15 is 0 Å². The molecule has 1 heterocycles. The molecule has 0 radical (unpaired) electrons. The Kier molecular flexibility index (Phi) is 6.83. The van der Waals surface area contributed by atoms with E-state index in [9.17, 15) is 13.2 Å². The van der Waals surface area contributed by atoms with Crippen molar-refractivity contribution in [2.24, 2.45) is 0 Å². The van der Waals surface area contributed by atoms with Crippen molar-refractivity contribution in [2.45, 2.75) is 44.0 Å². The third kappa shape index (κ3) is 4.68. The number of hydrogen-bond donors (Lipinski definition) is 1. The predicted molar refractivity (Wildman–Crippen MR) is 120 cm³/mol. The molecule has 6 nitrogen and oxygen atoms in total. The Morgan fingerprint density at radius 3 is 2.37 bits per heavy atom. The van der Waals surface area contributed by atoms with Crippen molar-refractivity contribution in [2.75, 3.05) is 32.1 Å². The summed E-state index contributed by atoms with van der Waals surface area (Å²) in [6.07, 6.45) is 3.31. The zero-order valence-electron chi connectivity index (χ0n) is 18.2. The lowest BCUT2D eigenvalue weighted by molar-refractivity contribution is 0.0940. The molecule has 0 bridgehead atoms. The molecular weight excluding hydrogens is 398 g/mol. The van der Waals surface area contributed by atoms with Gasteiger partial charge in [0, 0.05) is 32.9 Å². The fourth-order valence-corrected chi connectivity index (χ4v) is 4.83. The molecule has 1 aliphatic rings. The van der Waals surface area contributed by atoms with Crippen molar-refractivity contribution in [3.05, 3.63) is 59.2 Å². The van der Waals surface area contributed by atoms with Gasteiger partial charge in [-0.15, -0.1) is 0 Å². The highest BCUT2D eigenvalue weighted by molar-refractivity contribution is 7.89. The van der Waals surface area contributed by atoms with E-state index in [-0.39, 0.29) is 16.8 Å². The Morgan fingerprint density at radius 2 is 1.73 bits per heavy atom. The van der Waals surface area contributed by atoms with Crippen LogP contribution in [0.3, 0.4) is 0 Å². The van der Waals surface area contributed by atoms with Crippen LogP contribution < -0.4 is 10.2 Å². The lowest BCUT2D eigenvalue weighted by Crippen LogP contribution is -2.34. The van der Waals surface area contributed by atoms with E-state index in [4.69, 9.17) is 0 Å². The summed E-state index contributed by atoms with van der Waals surface area (Å²) >= 11 is 0. The van der Waals surface area contributed by atoms with Crippen molar-refractivity contribution in [3.8, 4) is 0 Å². The highest BCUT2D eigenvalue weighted by Gasteiger charge is 2.25. The van der Waals surface area contributed by atoms with Crippen LogP contribution in [0.15, 0.2) is 47.4 Å². The van der Waals surface area contributed by atoms with E-state index in [0.717, 1.165) is 42.7 Å². The molecule has 3 rings (SSSR count). The van der Waals surface area contributed by atoms with Crippen LogP contribution in [0.2, 0.25) is 0 Å². The molecule has 1 saturated heterocycles. The van der Waals surface area contributed by atoms with Crippen molar-refractivity contribution in [3.63, 3.8) is 0 Å². The summed E-state index contributed by atoms with van der Waals surface area (Å²) in [5.41, 5.74) is 3.34. The lowest BCUT2D eigenvalue weighted by Gasteiger charge is -2.31. The number of nitrogens with one attached hydrogen (secondary N) is 1. The highest BCUT2D eigenvalue weighted by Crippen LogP contribution is 2.28. The number of nitrogens with zero attached hydrogens (tertiary/aromatic N) is 2.